The molecule has 1 saturated heterocycles. The Morgan fingerprint density at radius 1 is 1.26 bits per heavy atom. The van der Waals surface area contributed by atoms with E-state index in [9.17, 15) is 10.1 Å². The fourth-order valence-corrected chi connectivity index (χ4v) is 4.06. The number of hydrogen-bond donors (Lipinski definition) is 0. The van der Waals surface area contributed by atoms with Crippen molar-refractivity contribution in [2.75, 3.05) is 25.4 Å². The second-order valence-corrected chi connectivity index (χ2v) is 7.33. The van der Waals surface area contributed by atoms with Gasteiger partial charge in [-0.25, -0.2) is 9.66 Å². The van der Waals surface area contributed by atoms with E-state index < -0.39 is 4.92 Å². The predicted molar refractivity (Wildman–Crippen MR) is 104 cm³/mol. The summed E-state index contributed by atoms with van der Waals surface area (Å²) in [5, 5.41) is 16.0. The minimum Gasteiger partial charge on any atom is -0.400 e. The molecule has 3 aromatic rings. The van der Waals surface area contributed by atoms with Gasteiger partial charge in [0.1, 0.15) is 4.92 Å². The quantitative estimate of drug-likeness (QED) is 0.267. The molecule has 3 heterocycles. The van der Waals surface area contributed by atoms with E-state index in [0.717, 1.165) is 28.5 Å². The van der Waals surface area contributed by atoms with Crippen molar-refractivity contribution in [2.45, 2.75) is 18.0 Å². The molecule has 0 saturated carbocycles. The summed E-state index contributed by atoms with van der Waals surface area (Å²) in [5.41, 5.74) is 1.75. The van der Waals surface area contributed by atoms with E-state index in [1.165, 1.54) is 44.3 Å². The third kappa shape index (κ3) is 4.04. The second kappa shape index (κ2) is 7.93. The number of para-hydroxylation sites is 2. The molecule has 0 bridgehead atoms. The zero-order valence-electron chi connectivity index (χ0n) is 14.7. The molecular weight excluding hydrogens is 366 g/mol. The topological polar surface area (TPSA) is 89.7 Å². The van der Waals surface area contributed by atoms with E-state index >= 15 is 0 Å². The molecule has 1 fully saturated rings. The average molecular weight is 385 g/mol. The van der Waals surface area contributed by atoms with Crippen LogP contribution in [0.15, 0.2) is 51.1 Å². The maximum atomic E-state index is 10.7. The lowest BCUT2D eigenvalue weighted by atomic mass is 10.3. The number of benzene rings is 1. The summed E-state index contributed by atoms with van der Waals surface area (Å²) in [4.78, 5) is 17.3. The number of aromatic nitrogens is 2. The predicted octanol–water partition coefficient (Wildman–Crippen LogP) is 3.61. The number of nitrogens with zero attached hydrogens (tertiary/aromatic N) is 5. The van der Waals surface area contributed by atoms with Crippen LogP contribution in [0.1, 0.15) is 18.6 Å². The number of likely N-dealkylation sites (tertiary alicyclic amines) is 1. The Balaban J connectivity index is 1.55. The zero-order chi connectivity index (χ0) is 18.6. The van der Waals surface area contributed by atoms with Gasteiger partial charge in [-0.05, 0) is 44.1 Å². The van der Waals surface area contributed by atoms with Crippen LogP contribution in [0.3, 0.4) is 0 Å². The summed E-state index contributed by atoms with van der Waals surface area (Å²) >= 11 is 1.66. The number of imidazole rings is 1. The van der Waals surface area contributed by atoms with Crippen LogP contribution in [0.4, 0.5) is 5.88 Å². The average Bonchev–Trinajstić information content (AvgIpc) is 3.40. The van der Waals surface area contributed by atoms with Crippen molar-refractivity contribution < 1.29 is 9.34 Å². The maximum Gasteiger partial charge on any atom is 0.433 e. The minimum absolute atomic E-state index is 0.299. The Kier molecular flexibility index (Phi) is 5.21. The van der Waals surface area contributed by atoms with Crippen molar-refractivity contribution in [1.82, 2.24) is 14.6 Å². The molecule has 0 radical (unpaired) electrons. The first kappa shape index (κ1) is 17.7. The smallest absolute Gasteiger partial charge is 0.400 e. The fraction of sp³-hybridized carbons (Fsp3) is 0.333. The molecule has 0 atom stereocenters. The van der Waals surface area contributed by atoms with Gasteiger partial charge in [-0.1, -0.05) is 23.9 Å². The second-order valence-electron chi connectivity index (χ2n) is 6.27. The monoisotopic (exact) mass is 385 g/mol. The number of hydrogen-bond acceptors (Lipinski definition) is 7. The summed E-state index contributed by atoms with van der Waals surface area (Å²) in [6.07, 6.45) is 4.04. The fourth-order valence-electron chi connectivity index (χ4n) is 3.09. The largest absolute Gasteiger partial charge is 0.433 e. The first-order valence-electron chi connectivity index (χ1n) is 8.82. The molecule has 1 aliphatic heterocycles. The van der Waals surface area contributed by atoms with Crippen LogP contribution < -0.4 is 0 Å². The van der Waals surface area contributed by atoms with Crippen molar-refractivity contribution in [2.24, 2.45) is 5.10 Å². The molecule has 0 aliphatic carbocycles. The summed E-state index contributed by atoms with van der Waals surface area (Å²) in [6, 6.07) is 10.6. The van der Waals surface area contributed by atoms with E-state index in [1.807, 2.05) is 24.3 Å². The van der Waals surface area contributed by atoms with Crippen LogP contribution in [0.25, 0.3) is 11.0 Å². The molecule has 0 N–H and O–H groups in total. The van der Waals surface area contributed by atoms with E-state index in [2.05, 4.69) is 15.0 Å². The Morgan fingerprint density at radius 3 is 2.85 bits per heavy atom. The van der Waals surface area contributed by atoms with Crippen molar-refractivity contribution >= 4 is 34.9 Å². The Labute approximate surface area is 160 Å². The van der Waals surface area contributed by atoms with Gasteiger partial charge in [-0.3, -0.25) is 10.1 Å². The number of furan rings is 1. The lowest BCUT2D eigenvalue weighted by Gasteiger charge is -2.13. The van der Waals surface area contributed by atoms with Crippen molar-refractivity contribution in [1.29, 1.82) is 0 Å². The van der Waals surface area contributed by atoms with Gasteiger partial charge in [0.15, 0.2) is 10.9 Å². The lowest BCUT2D eigenvalue weighted by molar-refractivity contribution is -0.402. The minimum atomic E-state index is -0.566. The Hall–Kier alpha value is -2.65. The van der Waals surface area contributed by atoms with E-state index in [0.29, 0.717) is 5.76 Å². The lowest BCUT2D eigenvalue weighted by Crippen LogP contribution is -2.22. The van der Waals surface area contributed by atoms with Gasteiger partial charge >= 0.3 is 5.88 Å². The van der Waals surface area contributed by atoms with Gasteiger partial charge < -0.3 is 9.32 Å². The SMILES string of the molecule is O=[N+]([O-])c1ccc(/C=N\n2c(SCCN3CCCC3)nc3ccccc32)o1. The molecule has 0 spiro atoms. The van der Waals surface area contributed by atoms with Crippen LogP contribution in [0, 0.1) is 10.1 Å². The van der Waals surface area contributed by atoms with Gasteiger partial charge in [-0.2, -0.15) is 5.10 Å². The van der Waals surface area contributed by atoms with Gasteiger partial charge in [0.05, 0.1) is 23.3 Å². The highest BCUT2D eigenvalue weighted by Gasteiger charge is 2.14. The zero-order valence-corrected chi connectivity index (χ0v) is 15.5. The van der Waals surface area contributed by atoms with Gasteiger partial charge in [0.25, 0.3) is 0 Å². The van der Waals surface area contributed by atoms with E-state index in [-0.39, 0.29) is 5.88 Å². The van der Waals surface area contributed by atoms with Gasteiger partial charge in [0, 0.05) is 12.3 Å². The molecule has 1 aromatic carbocycles. The molecule has 0 amide bonds. The third-order valence-electron chi connectivity index (χ3n) is 4.44. The molecule has 4 rings (SSSR count). The van der Waals surface area contributed by atoms with Crippen molar-refractivity contribution in [3.8, 4) is 0 Å². The highest BCUT2D eigenvalue weighted by atomic mass is 32.2. The number of rotatable bonds is 7. The molecule has 1 aliphatic rings. The number of nitro groups is 1. The summed E-state index contributed by atoms with van der Waals surface area (Å²) in [5.74, 6) is 0.963. The molecule has 2 aromatic heterocycles. The highest BCUT2D eigenvalue weighted by molar-refractivity contribution is 7.99. The van der Waals surface area contributed by atoms with Crippen LogP contribution >= 0.6 is 11.8 Å². The molecule has 140 valence electrons. The molecule has 0 unspecified atom stereocenters. The molecule has 27 heavy (non-hydrogen) atoms. The number of thioether (sulfide) groups is 1. The summed E-state index contributed by atoms with van der Waals surface area (Å²) < 4.78 is 6.91. The Bertz CT molecular complexity index is 974. The van der Waals surface area contributed by atoms with Crippen LogP contribution in [0.2, 0.25) is 0 Å². The van der Waals surface area contributed by atoms with E-state index in [4.69, 9.17) is 4.42 Å². The standard InChI is InChI=1S/C18H19N5O3S/c24-23(25)17-8-7-14(26-17)13-19-22-16-6-2-1-5-15(16)20-18(22)27-12-11-21-9-3-4-10-21/h1-2,5-8,13H,3-4,9-12H2/b19-13-. The number of fused-ring (bicyclic) bond motifs is 1. The molecule has 9 heteroatoms. The van der Waals surface area contributed by atoms with Crippen LogP contribution in [-0.2, 0) is 0 Å². The van der Waals surface area contributed by atoms with Crippen LogP contribution in [-0.4, -0.2) is 51.1 Å². The summed E-state index contributed by atoms with van der Waals surface area (Å²) in [6.45, 7) is 3.38. The normalized spacial score (nSPS) is 15.3. The first-order chi connectivity index (χ1) is 13.2. The summed E-state index contributed by atoms with van der Waals surface area (Å²) in [7, 11) is 0. The molecular formula is C18H19N5O3S. The Morgan fingerprint density at radius 2 is 2.07 bits per heavy atom. The van der Waals surface area contributed by atoms with Gasteiger partial charge in [0.2, 0.25) is 0 Å². The third-order valence-corrected chi connectivity index (χ3v) is 5.35. The van der Waals surface area contributed by atoms with E-state index in [1.54, 1.807) is 16.4 Å². The first-order valence-corrected chi connectivity index (χ1v) is 9.80. The van der Waals surface area contributed by atoms with Gasteiger partial charge in [-0.15, -0.1) is 0 Å². The van der Waals surface area contributed by atoms with Crippen molar-refractivity contribution in [3.05, 3.63) is 52.3 Å². The molecule has 8 nitrogen and oxygen atoms in total. The maximum absolute atomic E-state index is 10.7. The van der Waals surface area contributed by atoms with Crippen LogP contribution in [0.5, 0.6) is 0 Å². The van der Waals surface area contributed by atoms with Crippen molar-refractivity contribution in [3.63, 3.8) is 0 Å². The highest BCUT2D eigenvalue weighted by Crippen LogP contribution is 2.24.